The number of thioether (sulfide) groups is 1. The predicted molar refractivity (Wildman–Crippen MR) is 73.2 cm³/mol. The SMILES string of the molecule is CSC(C)CCNC(=O)C1CC12CCNCC2. The van der Waals surface area contributed by atoms with Crippen molar-refractivity contribution in [2.24, 2.45) is 11.3 Å². The van der Waals surface area contributed by atoms with Gasteiger partial charge in [0, 0.05) is 17.7 Å². The van der Waals surface area contributed by atoms with Crippen molar-refractivity contribution in [1.29, 1.82) is 0 Å². The maximum Gasteiger partial charge on any atom is 0.223 e. The van der Waals surface area contributed by atoms with Gasteiger partial charge in [0.1, 0.15) is 0 Å². The summed E-state index contributed by atoms with van der Waals surface area (Å²) >= 11 is 1.86. The van der Waals surface area contributed by atoms with Crippen molar-refractivity contribution in [2.75, 3.05) is 25.9 Å². The summed E-state index contributed by atoms with van der Waals surface area (Å²) in [6, 6.07) is 0. The van der Waals surface area contributed by atoms with Crippen LogP contribution in [0.2, 0.25) is 0 Å². The Bertz CT molecular complexity index is 277. The Balaban J connectivity index is 1.68. The fourth-order valence-electron chi connectivity index (χ4n) is 2.84. The summed E-state index contributed by atoms with van der Waals surface area (Å²) < 4.78 is 0. The number of piperidine rings is 1. The summed E-state index contributed by atoms with van der Waals surface area (Å²) in [5.41, 5.74) is 0.375. The van der Waals surface area contributed by atoms with Crippen LogP contribution in [0.3, 0.4) is 0 Å². The van der Waals surface area contributed by atoms with Gasteiger partial charge in [0.2, 0.25) is 5.91 Å². The van der Waals surface area contributed by atoms with Crippen LogP contribution in [-0.4, -0.2) is 37.0 Å². The van der Waals surface area contributed by atoms with Gasteiger partial charge < -0.3 is 10.6 Å². The van der Waals surface area contributed by atoms with Crippen LogP contribution in [0.5, 0.6) is 0 Å². The zero-order valence-electron chi connectivity index (χ0n) is 10.9. The van der Waals surface area contributed by atoms with Gasteiger partial charge in [-0.3, -0.25) is 4.79 Å². The molecule has 2 fully saturated rings. The molecule has 2 atom stereocenters. The maximum atomic E-state index is 12.0. The van der Waals surface area contributed by atoms with Gasteiger partial charge in [0.15, 0.2) is 0 Å². The summed E-state index contributed by atoms with van der Waals surface area (Å²) in [5.74, 6) is 0.620. The van der Waals surface area contributed by atoms with Gasteiger partial charge >= 0.3 is 0 Å². The van der Waals surface area contributed by atoms with Crippen molar-refractivity contribution in [3.8, 4) is 0 Å². The number of hydrogen-bond donors (Lipinski definition) is 2. The van der Waals surface area contributed by atoms with Gasteiger partial charge in [-0.05, 0) is 50.4 Å². The van der Waals surface area contributed by atoms with Crippen LogP contribution < -0.4 is 10.6 Å². The van der Waals surface area contributed by atoms with Crippen molar-refractivity contribution in [3.63, 3.8) is 0 Å². The molecule has 1 aliphatic carbocycles. The van der Waals surface area contributed by atoms with E-state index in [0.717, 1.165) is 32.5 Å². The molecule has 2 rings (SSSR count). The van der Waals surface area contributed by atoms with Crippen molar-refractivity contribution in [1.82, 2.24) is 10.6 Å². The molecule has 1 heterocycles. The van der Waals surface area contributed by atoms with Crippen LogP contribution in [0, 0.1) is 11.3 Å². The summed E-state index contributed by atoms with van der Waals surface area (Å²) in [4.78, 5) is 12.0. The lowest BCUT2D eigenvalue weighted by molar-refractivity contribution is -0.123. The van der Waals surface area contributed by atoms with Gasteiger partial charge in [-0.1, -0.05) is 6.92 Å². The lowest BCUT2D eigenvalue weighted by Gasteiger charge is -2.23. The number of rotatable bonds is 5. The number of carbonyl (C=O) groups excluding carboxylic acids is 1. The van der Waals surface area contributed by atoms with E-state index in [4.69, 9.17) is 0 Å². The molecule has 4 heteroatoms. The highest BCUT2D eigenvalue weighted by atomic mass is 32.2. The van der Waals surface area contributed by atoms with E-state index in [2.05, 4.69) is 23.8 Å². The third kappa shape index (κ3) is 3.16. The minimum atomic E-state index is 0.306. The van der Waals surface area contributed by atoms with Crippen LogP contribution >= 0.6 is 11.8 Å². The summed E-state index contributed by atoms with van der Waals surface area (Å²) in [7, 11) is 0. The lowest BCUT2D eigenvalue weighted by Crippen LogP contribution is -2.34. The smallest absolute Gasteiger partial charge is 0.223 e. The van der Waals surface area contributed by atoms with Crippen molar-refractivity contribution in [3.05, 3.63) is 0 Å². The second-order valence-electron chi connectivity index (χ2n) is 5.50. The molecule has 0 aromatic heterocycles. The average molecular weight is 256 g/mol. The van der Waals surface area contributed by atoms with E-state index in [1.165, 1.54) is 12.8 Å². The molecule has 2 aliphatic rings. The highest BCUT2D eigenvalue weighted by Gasteiger charge is 2.57. The minimum absolute atomic E-state index is 0.306. The zero-order chi connectivity index (χ0) is 12.3. The normalized spacial score (nSPS) is 27.8. The summed E-state index contributed by atoms with van der Waals surface area (Å²) in [5, 5.41) is 7.12. The van der Waals surface area contributed by atoms with Gasteiger partial charge in [0.05, 0.1) is 0 Å². The summed E-state index contributed by atoms with van der Waals surface area (Å²) in [6.45, 7) is 5.23. The van der Waals surface area contributed by atoms with Crippen LogP contribution in [0.1, 0.15) is 32.6 Å². The summed E-state index contributed by atoms with van der Waals surface area (Å²) in [6.07, 6.45) is 6.70. The molecule has 2 unspecified atom stereocenters. The van der Waals surface area contributed by atoms with Crippen molar-refractivity contribution >= 4 is 17.7 Å². The molecule has 17 heavy (non-hydrogen) atoms. The van der Waals surface area contributed by atoms with Crippen molar-refractivity contribution < 1.29 is 4.79 Å². The number of nitrogens with one attached hydrogen (secondary N) is 2. The van der Waals surface area contributed by atoms with Crippen LogP contribution in [0.25, 0.3) is 0 Å². The zero-order valence-corrected chi connectivity index (χ0v) is 11.7. The van der Waals surface area contributed by atoms with Crippen LogP contribution in [0.4, 0.5) is 0 Å². The van der Waals surface area contributed by atoms with Gasteiger partial charge in [-0.2, -0.15) is 11.8 Å². The van der Waals surface area contributed by atoms with Crippen LogP contribution in [0.15, 0.2) is 0 Å². The van der Waals surface area contributed by atoms with E-state index in [0.29, 0.717) is 22.5 Å². The molecule has 2 N–H and O–H groups in total. The van der Waals surface area contributed by atoms with E-state index < -0.39 is 0 Å². The largest absolute Gasteiger partial charge is 0.356 e. The second-order valence-corrected chi connectivity index (χ2v) is 6.77. The first-order valence-electron chi connectivity index (χ1n) is 6.69. The molecule has 1 saturated carbocycles. The van der Waals surface area contributed by atoms with Gasteiger partial charge in [0.25, 0.3) is 0 Å². The Kier molecular flexibility index (Phi) is 4.36. The lowest BCUT2D eigenvalue weighted by atomic mass is 9.92. The third-order valence-corrected chi connectivity index (χ3v) is 5.40. The van der Waals surface area contributed by atoms with E-state index in [1.54, 1.807) is 0 Å². The Morgan fingerprint density at radius 1 is 1.53 bits per heavy atom. The Morgan fingerprint density at radius 2 is 2.24 bits per heavy atom. The average Bonchev–Trinajstić information content (AvgIpc) is 3.03. The second kappa shape index (κ2) is 5.61. The topological polar surface area (TPSA) is 41.1 Å². The first-order valence-corrected chi connectivity index (χ1v) is 7.98. The molecule has 1 aliphatic heterocycles. The number of carbonyl (C=O) groups is 1. The van der Waals surface area contributed by atoms with Crippen molar-refractivity contribution in [2.45, 2.75) is 37.9 Å². The first kappa shape index (κ1) is 13.2. The van der Waals surface area contributed by atoms with E-state index in [9.17, 15) is 4.79 Å². The van der Waals surface area contributed by atoms with Gasteiger partial charge in [-0.25, -0.2) is 0 Å². The molecular formula is C13H24N2OS. The molecule has 0 aromatic rings. The maximum absolute atomic E-state index is 12.0. The molecule has 1 amide bonds. The molecule has 1 saturated heterocycles. The quantitative estimate of drug-likeness (QED) is 0.785. The van der Waals surface area contributed by atoms with E-state index >= 15 is 0 Å². The van der Waals surface area contributed by atoms with Crippen LogP contribution in [-0.2, 0) is 4.79 Å². The number of amides is 1. The molecule has 0 aromatic carbocycles. The highest BCUT2D eigenvalue weighted by Crippen LogP contribution is 2.58. The predicted octanol–water partition coefficient (Wildman–Crippen LogP) is 1.63. The number of hydrogen-bond acceptors (Lipinski definition) is 3. The van der Waals surface area contributed by atoms with Gasteiger partial charge in [-0.15, -0.1) is 0 Å². The molecule has 0 bridgehead atoms. The Morgan fingerprint density at radius 3 is 2.88 bits per heavy atom. The van der Waals surface area contributed by atoms with E-state index in [1.807, 2.05) is 11.8 Å². The molecule has 98 valence electrons. The highest BCUT2D eigenvalue weighted by molar-refractivity contribution is 7.99. The molecule has 0 radical (unpaired) electrons. The molecule has 3 nitrogen and oxygen atoms in total. The molecule has 1 spiro atoms. The fraction of sp³-hybridized carbons (Fsp3) is 0.923. The Hall–Kier alpha value is -0.220. The fourth-order valence-corrected chi connectivity index (χ4v) is 3.19. The Labute approximate surface area is 108 Å². The third-order valence-electron chi connectivity index (χ3n) is 4.36. The monoisotopic (exact) mass is 256 g/mol. The molecular weight excluding hydrogens is 232 g/mol. The van der Waals surface area contributed by atoms with E-state index in [-0.39, 0.29) is 0 Å². The first-order chi connectivity index (χ1) is 8.18. The minimum Gasteiger partial charge on any atom is -0.356 e. The standard InChI is InChI=1S/C13H24N2OS/c1-10(17-2)3-6-15-12(16)11-9-13(11)4-7-14-8-5-13/h10-11,14H,3-9H2,1-2H3,(H,15,16).